The van der Waals surface area contributed by atoms with Gasteiger partial charge < -0.3 is 20.6 Å². The van der Waals surface area contributed by atoms with E-state index in [4.69, 9.17) is 0 Å². The first-order valence-electron chi connectivity index (χ1n) is 12.1. The van der Waals surface area contributed by atoms with Crippen LogP contribution in [0.1, 0.15) is 45.6 Å². The van der Waals surface area contributed by atoms with Crippen LogP contribution in [-0.2, 0) is 20.8 Å². The van der Waals surface area contributed by atoms with Crippen LogP contribution >= 0.6 is 11.8 Å². The van der Waals surface area contributed by atoms with Crippen LogP contribution in [-0.4, -0.2) is 69.0 Å². The predicted octanol–water partition coefficient (Wildman–Crippen LogP) is 1.73. The van der Waals surface area contributed by atoms with Gasteiger partial charge in [-0.3, -0.25) is 14.4 Å². The first-order valence-corrected chi connectivity index (χ1v) is 12.9. The van der Waals surface area contributed by atoms with Crippen LogP contribution in [0.15, 0.2) is 30.3 Å². The van der Waals surface area contributed by atoms with E-state index in [9.17, 15) is 19.5 Å². The normalized spacial score (nSPS) is 31.1. The molecule has 3 aliphatic heterocycles. The van der Waals surface area contributed by atoms with Gasteiger partial charge in [-0.25, -0.2) is 0 Å². The summed E-state index contributed by atoms with van der Waals surface area (Å²) in [5.74, 6) is -1.40. The van der Waals surface area contributed by atoms with Crippen LogP contribution in [0.25, 0.3) is 0 Å². The summed E-state index contributed by atoms with van der Waals surface area (Å²) in [6, 6.07) is 8.42. The maximum atomic E-state index is 14.0. The van der Waals surface area contributed by atoms with Crippen LogP contribution in [0.2, 0.25) is 0 Å². The third-order valence-corrected chi connectivity index (χ3v) is 9.14. The average molecular weight is 474 g/mol. The van der Waals surface area contributed by atoms with E-state index in [1.165, 1.54) is 0 Å². The number of hydrogen-bond donors (Lipinski definition) is 3. The standard InChI is InChI=1S/C25H35N3O4S/c1-4-12-26-22(30)19-18-10-11-25(33-18)20(19)24(32)28(21(25)23(31)27-15(2)3)17(14-29)13-16-8-6-5-7-9-16/h5-9,15,17-21,29H,4,10-14H2,1-3H3,(H,26,30)(H,27,31)/t17-,18+,19-,20+,21?,25?/m1/s1. The highest BCUT2D eigenvalue weighted by atomic mass is 32.2. The maximum absolute atomic E-state index is 14.0. The van der Waals surface area contributed by atoms with Crippen molar-refractivity contribution in [1.29, 1.82) is 0 Å². The van der Waals surface area contributed by atoms with E-state index >= 15 is 0 Å². The molecule has 3 N–H and O–H groups in total. The van der Waals surface area contributed by atoms with E-state index in [1.807, 2.05) is 51.1 Å². The fraction of sp³-hybridized carbons (Fsp3) is 0.640. The van der Waals surface area contributed by atoms with E-state index < -0.39 is 28.7 Å². The summed E-state index contributed by atoms with van der Waals surface area (Å²) in [5.41, 5.74) is 0.996. The van der Waals surface area contributed by atoms with Crippen LogP contribution in [0, 0.1) is 11.8 Å². The Bertz CT molecular complexity index is 895. The second kappa shape index (κ2) is 9.66. The summed E-state index contributed by atoms with van der Waals surface area (Å²) < 4.78 is -0.626. The number of aliphatic hydroxyl groups is 1. The number of likely N-dealkylation sites (tertiary alicyclic amines) is 1. The molecule has 0 aromatic heterocycles. The first kappa shape index (κ1) is 24.1. The molecule has 0 saturated carbocycles. The average Bonchev–Trinajstić information content (AvgIpc) is 3.43. The Morgan fingerprint density at radius 2 is 1.97 bits per heavy atom. The summed E-state index contributed by atoms with van der Waals surface area (Å²) in [6.07, 6.45) is 2.83. The highest BCUT2D eigenvalue weighted by Crippen LogP contribution is 2.66. The third-order valence-electron chi connectivity index (χ3n) is 7.19. The van der Waals surface area contributed by atoms with Gasteiger partial charge in [0.1, 0.15) is 6.04 Å². The van der Waals surface area contributed by atoms with E-state index in [1.54, 1.807) is 16.7 Å². The highest BCUT2D eigenvalue weighted by Gasteiger charge is 2.74. The van der Waals surface area contributed by atoms with Crippen molar-refractivity contribution in [3.8, 4) is 0 Å². The van der Waals surface area contributed by atoms with Crippen LogP contribution < -0.4 is 10.6 Å². The number of benzene rings is 1. The van der Waals surface area contributed by atoms with E-state index in [2.05, 4.69) is 10.6 Å². The number of amides is 3. The van der Waals surface area contributed by atoms with Gasteiger partial charge in [0.15, 0.2) is 0 Å². The molecule has 1 aromatic carbocycles. The lowest BCUT2D eigenvalue weighted by Crippen LogP contribution is -2.57. The molecule has 2 unspecified atom stereocenters. The summed E-state index contributed by atoms with van der Waals surface area (Å²) in [7, 11) is 0. The van der Waals surface area contributed by atoms with E-state index in [-0.39, 0.29) is 35.6 Å². The van der Waals surface area contributed by atoms with Gasteiger partial charge in [0.25, 0.3) is 0 Å². The molecule has 33 heavy (non-hydrogen) atoms. The van der Waals surface area contributed by atoms with Gasteiger partial charge >= 0.3 is 0 Å². The molecular formula is C25H35N3O4S. The molecule has 180 valence electrons. The summed E-state index contributed by atoms with van der Waals surface area (Å²) in [4.78, 5) is 42.3. The highest BCUT2D eigenvalue weighted by molar-refractivity contribution is 8.02. The van der Waals surface area contributed by atoms with Crippen LogP contribution in [0.3, 0.4) is 0 Å². The predicted molar refractivity (Wildman–Crippen MR) is 129 cm³/mol. The minimum absolute atomic E-state index is 0.0500. The monoisotopic (exact) mass is 473 g/mol. The van der Waals surface area contributed by atoms with Crippen molar-refractivity contribution in [2.24, 2.45) is 11.8 Å². The maximum Gasteiger partial charge on any atom is 0.244 e. The molecular weight excluding hydrogens is 438 g/mol. The minimum atomic E-state index is -0.697. The van der Waals surface area contributed by atoms with Crippen molar-refractivity contribution in [2.45, 2.75) is 74.6 Å². The lowest BCUT2D eigenvalue weighted by atomic mass is 9.70. The number of aliphatic hydroxyl groups excluding tert-OH is 1. The van der Waals surface area contributed by atoms with Gasteiger partial charge in [-0.2, -0.15) is 0 Å². The van der Waals surface area contributed by atoms with Gasteiger partial charge in [0.05, 0.1) is 29.2 Å². The molecule has 3 aliphatic rings. The minimum Gasteiger partial charge on any atom is -0.394 e. The topological polar surface area (TPSA) is 98.7 Å². The van der Waals surface area contributed by atoms with Crippen LogP contribution in [0.5, 0.6) is 0 Å². The summed E-state index contributed by atoms with van der Waals surface area (Å²) in [5, 5.41) is 16.4. The lowest BCUT2D eigenvalue weighted by molar-refractivity contribution is -0.142. The SMILES string of the molecule is CCCNC(=O)[C@@H]1[C@@H]2CCC3(S2)C(C(=O)NC(C)C)N([C@@H](CO)Cc2ccccc2)C(=O)[C@H]13. The first-order chi connectivity index (χ1) is 15.8. The molecule has 8 heteroatoms. The molecule has 0 radical (unpaired) electrons. The zero-order valence-electron chi connectivity index (χ0n) is 19.6. The Morgan fingerprint density at radius 1 is 1.24 bits per heavy atom. The van der Waals surface area contributed by atoms with E-state index in [0.717, 1.165) is 24.8 Å². The Morgan fingerprint density at radius 3 is 2.61 bits per heavy atom. The number of carbonyl (C=O) groups is 3. The van der Waals surface area contributed by atoms with Gasteiger partial charge in [0, 0.05) is 17.8 Å². The van der Waals surface area contributed by atoms with Gasteiger partial charge in [-0.05, 0) is 45.1 Å². The smallest absolute Gasteiger partial charge is 0.244 e. The zero-order valence-corrected chi connectivity index (χ0v) is 20.4. The molecule has 2 bridgehead atoms. The molecule has 6 atom stereocenters. The second-order valence-corrected chi connectivity index (χ2v) is 11.4. The Kier molecular flexibility index (Phi) is 7.05. The Hall–Kier alpha value is -2.06. The molecule has 7 nitrogen and oxygen atoms in total. The molecule has 3 amide bonds. The largest absolute Gasteiger partial charge is 0.394 e. The molecule has 1 aromatic rings. The number of rotatable bonds is 9. The molecule has 1 spiro atoms. The van der Waals surface area contributed by atoms with Crippen molar-refractivity contribution in [1.82, 2.24) is 15.5 Å². The molecule has 0 aliphatic carbocycles. The van der Waals surface area contributed by atoms with Crippen LogP contribution in [0.4, 0.5) is 0 Å². The summed E-state index contributed by atoms with van der Waals surface area (Å²) in [6.45, 7) is 6.15. The van der Waals surface area contributed by atoms with E-state index in [0.29, 0.717) is 13.0 Å². The number of nitrogens with one attached hydrogen (secondary N) is 2. The zero-order chi connectivity index (χ0) is 23.8. The molecule has 3 saturated heterocycles. The fourth-order valence-electron chi connectivity index (χ4n) is 5.95. The van der Waals surface area contributed by atoms with Crippen molar-refractivity contribution in [3.05, 3.63) is 35.9 Å². The molecule has 3 fully saturated rings. The van der Waals surface area contributed by atoms with Gasteiger partial charge in [-0.15, -0.1) is 11.8 Å². The number of hydrogen-bond acceptors (Lipinski definition) is 5. The Labute approximate surface area is 200 Å². The van der Waals surface area contributed by atoms with Crippen molar-refractivity contribution >= 4 is 29.5 Å². The van der Waals surface area contributed by atoms with Gasteiger partial charge in [0.2, 0.25) is 17.7 Å². The number of fused-ring (bicyclic) bond motifs is 1. The third kappa shape index (κ3) is 4.16. The second-order valence-electron chi connectivity index (χ2n) is 9.78. The number of carbonyl (C=O) groups excluding carboxylic acids is 3. The quantitative estimate of drug-likeness (QED) is 0.507. The van der Waals surface area contributed by atoms with Gasteiger partial charge in [-0.1, -0.05) is 37.3 Å². The fourth-order valence-corrected chi connectivity index (χ4v) is 8.16. The number of thioether (sulfide) groups is 1. The summed E-state index contributed by atoms with van der Waals surface area (Å²) >= 11 is 1.66. The number of nitrogens with zero attached hydrogens (tertiary/aromatic N) is 1. The molecule has 3 heterocycles. The van der Waals surface area contributed by atoms with Crippen molar-refractivity contribution in [2.75, 3.05) is 13.2 Å². The Balaban J connectivity index is 1.72. The molecule has 4 rings (SSSR count). The lowest BCUT2D eigenvalue weighted by Gasteiger charge is -2.37. The van der Waals surface area contributed by atoms with Crippen molar-refractivity contribution in [3.63, 3.8) is 0 Å². The van der Waals surface area contributed by atoms with Crippen molar-refractivity contribution < 1.29 is 19.5 Å².